The second kappa shape index (κ2) is 5.09. The van der Waals surface area contributed by atoms with Gasteiger partial charge in [0.1, 0.15) is 0 Å². The van der Waals surface area contributed by atoms with Gasteiger partial charge in [-0.05, 0) is 12.8 Å². The fourth-order valence-electron chi connectivity index (χ4n) is 1.87. The van der Waals surface area contributed by atoms with Crippen molar-refractivity contribution < 1.29 is 26.3 Å². The van der Waals surface area contributed by atoms with Gasteiger partial charge in [-0.2, -0.15) is 17.5 Å². The molecule has 1 aliphatic rings. The first-order chi connectivity index (χ1) is 7.74. The van der Waals surface area contributed by atoms with Gasteiger partial charge in [0, 0.05) is 26.2 Å². The van der Waals surface area contributed by atoms with Crippen molar-refractivity contribution in [1.29, 1.82) is 0 Å². The van der Waals surface area contributed by atoms with Crippen LogP contribution in [0.1, 0.15) is 12.8 Å². The second-order valence-corrected chi connectivity index (χ2v) is 5.72. The van der Waals surface area contributed by atoms with E-state index in [2.05, 4.69) is 0 Å². The highest BCUT2D eigenvalue weighted by Crippen LogP contribution is 2.31. The maximum absolute atomic E-state index is 12.4. The van der Waals surface area contributed by atoms with Gasteiger partial charge in [0.25, 0.3) is 0 Å². The molecule has 17 heavy (non-hydrogen) atoms. The third-order valence-electron chi connectivity index (χ3n) is 2.82. The van der Waals surface area contributed by atoms with Crippen LogP contribution in [0, 0.1) is 0 Å². The summed E-state index contributed by atoms with van der Waals surface area (Å²) >= 11 is 0. The summed E-state index contributed by atoms with van der Waals surface area (Å²) in [4.78, 5) is 0. The Morgan fingerprint density at radius 1 is 1.47 bits per heavy atom. The molecule has 1 heterocycles. The lowest BCUT2D eigenvalue weighted by molar-refractivity contribution is -0.0533. The van der Waals surface area contributed by atoms with Gasteiger partial charge in [0.2, 0.25) is 0 Å². The normalized spacial score (nSPS) is 28.3. The number of rotatable bonds is 3. The number of halogens is 3. The molecule has 0 amide bonds. The van der Waals surface area contributed by atoms with Crippen molar-refractivity contribution >= 4 is 10.0 Å². The molecule has 102 valence electrons. The number of nitrogens with two attached hydrogens (primary N) is 1. The zero-order chi connectivity index (χ0) is 13.3. The standard InChI is InChI=1S/C8H15F3N2O3S/c1-16-7-2-3-13(6(4-7)5-12)17(14,15)8(9,10)11/h6-7H,2-5,12H2,1H3. The summed E-state index contributed by atoms with van der Waals surface area (Å²) in [5.74, 6) is 0. The minimum absolute atomic E-state index is 0.158. The summed E-state index contributed by atoms with van der Waals surface area (Å²) in [5.41, 5.74) is 0.0441. The predicted octanol–water partition coefficient (Wildman–Crippen LogP) is 0.274. The highest BCUT2D eigenvalue weighted by Gasteiger charge is 2.52. The largest absolute Gasteiger partial charge is 0.511 e. The molecule has 1 rings (SSSR count). The average molecular weight is 276 g/mol. The Labute approximate surface area is 97.8 Å². The Morgan fingerprint density at radius 3 is 2.47 bits per heavy atom. The van der Waals surface area contributed by atoms with Gasteiger partial charge in [-0.15, -0.1) is 0 Å². The molecule has 1 fully saturated rings. The van der Waals surface area contributed by atoms with Gasteiger partial charge >= 0.3 is 15.5 Å². The molecule has 0 radical (unpaired) electrons. The van der Waals surface area contributed by atoms with E-state index in [0.717, 1.165) is 0 Å². The number of nitrogens with zero attached hydrogens (tertiary/aromatic N) is 1. The first-order valence-corrected chi connectivity index (χ1v) is 6.49. The summed E-state index contributed by atoms with van der Waals surface area (Å²) in [7, 11) is -3.86. The maximum atomic E-state index is 12.4. The van der Waals surface area contributed by atoms with Gasteiger partial charge in [0.05, 0.1) is 6.10 Å². The van der Waals surface area contributed by atoms with Gasteiger partial charge in [-0.3, -0.25) is 0 Å². The monoisotopic (exact) mass is 276 g/mol. The highest BCUT2D eigenvalue weighted by molar-refractivity contribution is 7.90. The fourth-order valence-corrected chi connectivity index (χ4v) is 3.05. The van der Waals surface area contributed by atoms with Crippen LogP contribution in [-0.4, -0.2) is 50.6 Å². The smallest absolute Gasteiger partial charge is 0.381 e. The van der Waals surface area contributed by atoms with Crippen LogP contribution < -0.4 is 5.73 Å². The van der Waals surface area contributed by atoms with Crippen LogP contribution in [0.2, 0.25) is 0 Å². The van der Waals surface area contributed by atoms with Crippen molar-refractivity contribution in [2.75, 3.05) is 20.2 Å². The Hall–Kier alpha value is -0.380. The van der Waals surface area contributed by atoms with Gasteiger partial charge in [-0.25, -0.2) is 8.42 Å². The van der Waals surface area contributed by atoms with Crippen LogP contribution >= 0.6 is 0 Å². The number of ether oxygens (including phenoxy) is 1. The van der Waals surface area contributed by atoms with Crippen molar-refractivity contribution in [1.82, 2.24) is 4.31 Å². The van der Waals surface area contributed by atoms with Crippen LogP contribution in [0.15, 0.2) is 0 Å². The van der Waals surface area contributed by atoms with E-state index in [9.17, 15) is 21.6 Å². The van der Waals surface area contributed by atoms with E-state index in [4.69, 9.17) is 10.5 Å². The van der Waals surface area contributed by atoms with E-state index < -0.39 is 21.6 Å². The number of sulfonamides is 1. The summed E-state index contributed by atoms with van der Waals surface area (Å²) < 4.78 is 65.2. The predicted molar refractivity (Wildman–Crippen MR) is 54.6 cm³/mol. The molecule has 2 N–H and O–H groups in total. The first-order valence-electron chi connectivity index (χ1n) is 5.05. The molecule has 2 atom stereocenters. The number of alkyl halides is 3. The number of methoxy groups -OCH3 is 1. The molecule has 0 aromatic heterocycles. The van der Waals surface area contributed by atoms with Gasteiger partial charge in [0.15, 0.2) is 0 Å². The van der Waals surface area contributed by atoms with Crippen molar-refractivity contribution in [3.63, 3.8) is 0 Å². The topological polar surface area (TPSA) is 72.6 Å². The molecule has 0 spiro atoms. The van der Waals surface area contributed by atoms with Crippen LogP contribution in [0.25, 0.3) is 0 Å². The summed E-state index contributed by atoms with van der Waals surface area (Å²) in [6, 6.07) is -0.861. The molecule has 5 nitrogen and oxygen atoms in total. The van der Waals surface area contributed by atoms with Crippen LogP contribution in [0.5, 0.6) is 0 Å². The van der Waals surface area contributed by atoms with Crippen molar-refractivity contribution in [3.05, 3.63) is 0 Å². The molecule has 0 aromatic rings. The van der Waals surface area contributed by atoms with Crippen LogP contribution in [0.3, 0.4) is 0 Å². The molecule has 0 aliphatic carbocycles. The van der Waals surface area contributed by atoms with Crippen molar-refractivity contribution in [2.45, 2.75) is 30.5 Å². The molecule has 1 aliphatic heterocycles. The highest BCUT2D eigenvalue weighted by atomic mass is 32.2. The van der Waals surface area contributed by atoms with Crippen LogP contribution in [-0.2, 0) is 14.8 Å². The molecule has 0 aromatic carbocycles. The van der Waals surface area contributed by atoms with E-state index >= 15 is 0 Å². The molecular weight excluding hydrogens is 261 g/mol. The minimum atomic E-state index is -5.29. The molecule has 2 unspecified atom stereocenters. The number of hydrogen-bond acceptors (Lipinski definition) is 4. The minimum Gasteiger partial charge on any atom is -0.381 e. The van der Waals surface area contributed by atoms with Gasteiger partial charge < -0.3 is 10.5 Å². The van der Waals surface area contributed by atoms with Crippen LogP contribution in [0.4, 0.5) is 13.2 Å². The maximum Gasteiger partial charge on any atom is 0.511 e. The van der Waals surface area contributed by atoms with E-state index in [0.29, 0.717) is 4.31 Å². The lowest BCUT2D eigenvalue weighted by Crippen LogP contribution is -2.54. The van der Waals surface area contributed by atoms with Gasteiger partial charge in [-0.1, -0.05) is 0 Å². The first kappa shape index (κ1) is 14.7. The number of hydrogen-bond donors (Lipinski definition) is 1. The Kier molecular flexibility index (Phi) is 4.39. The zero-order valence-corrected chi connectivity index (χ0v) is 10.1. The Morgan fingerprint density at radius 2 is 2.06 bits per heavy atom. The molecule has 1 saturated heterocycles. The van der Waals surface area contributed by atoms with Crippen molar-refractivity contribution in [3.8, 4) is 0 Å². The molecule has 0 saturated carbocycles. The zero-order valence-electron chi connectivity index (χ0n) is 9.27. The molecule has 9 heteroatoms. The molecule has 0 bridgehead atoms. The Bertz CT molecular complexity index is 358. The summed E-state index contributed by atoms with van der Waals surface area (Å²) in [6.45, 7) is -0.378. The quantitative estimate of drug-likeness (QED) is 0.803. The van der Waals surface area contributed by atoms with E-state index in [1.54, 1.807) is 0 Å². The van der Waals surface area contributed by atoms with E-state index in [1.165, 1.54) is 7.11 Å². The SMILES string of the molecule is COC1CCN(S(=O)(=O)C(F)(F)F)C(CN)C1. The lowest BCUT2D eigenvalue weighted by atomic mass is 10.0. The van der Waals surface area contributed by atoms with E-state index in [-0.39, 0.29) is 32.0 Å². The third-order valence-corrected chi connectivity index (χ3v) is 4.50. The summed E-state index contributed by atoms with van der Waals surface area (Å²) in [6.07, 6.45) is 0.174. The Balaban J connectivity index is 2.92. The number of piperidine rings is 1. The third kappa shape index (κ3) is 2.90. The fraction of sp³-hybridized carbons (Fsp3) is 1.00. The summed E-state index contributed by atoms with van der Waals surface area (Å²) in [5, 5.41) is 0. The second-order valence-electron chi connectivity index (χ2n) is 3.83. The lowest BCUT2D eigenvalue weighted by Gasteiger charge is -2.37. The van der Waals surface area contributed by atoms with E-state index in [1.807, 2.05) is 0 Å². The molecular formula is C8H15F3N2O3S. The average Bonchev–Trinajstić information content (AvgIpc) is 2.26. The van der Waals surface area contributed by atoms with Crippen molar-refractivity contribution in [2.24, 2.45) is 5.73 Å².